The topological polar surface area (TPSA) is 35.5 Å². The first-order chi connectivity index (χ1) is 7.13. The number of halogens is 2. The molecule has 0 aliphatic carbocycles. The van der Waals surface area contributed by atoms with Crippen LogP contribution in [0.1, 0.15) is 15.9 Å². The average Bonchev–Trinajstić information content (AvgIpc) is 2.28. The first-order valence-electron chi connectivity index (χ1n) is 4.14. The van der Waals surface area contributed by atoms with Gasteiger partial charge in [-0.3, -0.25) is 0 Å². The third-order valence-electron chi connectivity index (χ3n) is 1.91. The molecule has 0 aliphatic heterocycles. The van der Waals surface area contributed by atoms with Crippen LogP contribution < -0.4 is 4.74 Å². The van der Waals surface area contributed by atoms with Crippen LogP contribution in [-0.2, 0) is 10.1 Å². The van der Waals surface area contributed by atoms with Gasteiger partial charge in [-0.05, 0) is 17.7 Å². The summed E-state index contributed by atoms with van der Waals surface area (Å²) >= 11 is 9.31. The second kappa shape index (κ2) is 5.37. The number of hydrogen-bond acceptors (Lipinski definition) is 3. The largest absolute Gasteiger partial charge is 0.497 e. The van der Waals surface area contributed by atoms with Crippen LogP contribution in [0, 0.1) is 0 Å². The van der Waals surface area contributed by atoms with E-state index in [4.69, 9.17) is 16.3 Å². The molecule has 0 spiro atoms. The van der Waals surface area contributed by atoms with Gasteiger partial charge in [-0.2, -0.15) is 0 Å². The summed E-state index contributed by atoms with van der Waals surface area (Å²) in [6.07, 6.45) is 0. The van der Waals surface area contributed by atoms with E-state index in [1.807, 2.05) is 0 Å². The molecular formula is C10H10BrClO3. The SMILES string of the molecule is COC(=O)c1cc(OC)cc(CBr)c1Cl. The van der Waals surface area contributed by atoms with Gasteiger partial charge in [0.05, 0.1) is 24.8 Å². The number of ether oxygens (including phenoxy) is 2. The van der Waals surface area contributed by atoms with Crippen molar-refractivity contribution in [2.24, 2.45) is 0 Å². The Balaban J connectivity index is 3.30. The fourth-order valence-electron chi connectivity index (χ4n) is 1.13. The molecule has 0 atom stereocenters. The molecule has 0 aliphatic rings. The number of benzene rings is 1. The summed E-state index contributed by atoms with van der Waals surface area (Å²) in [5.74, 6) is 0.107. The van der Waals surface area contributed by atoms with Crippen molar-refractivity contribution in [2.75, 3.05) is 14.2 Å². The number of carbonyl (C=O) groups is 1. The Kier molecular flexibility index (Phi) is 4.42. The summed E-state index contributed by atoms with van der Waals surface area (Å²) < 4.78 is 9.68. The highest BCUT2D eigenvalue weighted by Gasteiger charge is 2.15. The second-order valence-corrected chi connectivity index (χ2v) is 3.71. The van der Waals surface area contributed by atoms with Gasteiger partial charge in [0, 0.05) is 5.33 Å². The maximum Gasteiger partial charge on any atom is 0.339 e. The first-order valence-corrected chi connectivity index (χ1v) is 5.64. The predicted octanol–water partition coefficient (Wildman–Crippen LogP) is 3.03. The van der Waals surface area contributed by atoms with Crippen LogP contribution in [0.15, 0.2) is 12.1 Å². The zero-order valence-corrected chi connectivity index (χ0v) is 10.7. The normalized spacial score (nSPS) is 9.87. The molecule has 15 heavy (non-hydrogen) atoms. The van der Waals surface area contributed by atoms with E-state index in [2.05, 4.69) is 20.7 Å². The standard InChI is InChI=1S/C10H10BrClO3/c1-14-7-3-6(5-11)9(12)8(4-7)10(13)15-2/h3-4H,5H2,1-2H3. The predicted molar refractivity (Wildman–Crippen MR) is 62.0 cm³/mol. The average molecular weight is 294 g/mol. The van der Waals surface area contributed by atoms with Crippen molar-refractivity contribution in [1.29, 1.82) is 0 Å². The molecule has 1 aromatic carbocycles. The van der Waals surface area contributed by atoms with Gasteiger partial charge in [-0.1, -0.05) is 27.5 Å². The highest BCUT2D eigenvalue weighted by atomic mass is 79.9. The molecule has 1 rings (SSSR count). The van der Waals surface area contributed by atoms with Crippen molar-refractivity contribution in [2.45, 2.75) is 5.33 Å². The molecule has 3 nitrogen and oxygen atoms in total. The fraction of sp³-hybridized carbons (Fsp3) is 0.300. The van der Waals surface area contributed by atoms with Gasteiger partial charge in [0.1, 0.15) is 5.75 Å². The molecule has 82 valence electrons. The highest BCUT2D eigenvalue weighted by molar-refractivity contribution is 9.08. The Morgan fingerprint density at radius 2 is 2.13 bits per heavy atom. The van der Waals surface area contributed by atoms with Crippen LogP contribution in [0.25, 0.3) is 0 Å². The number of carbonyl (C=O) groups excluding carboxylic acids is 1. The maximum atomic E-state index is 11.4. The number of rotatable bonds is 3. The van der Waals surface area contributed by atoms with Crippen molar-refractivity contribution in [3.63, 3.8) is 0 Å². The molecule has 0 amide bonds. The first kappa shape index (κ1) is 12.3. The summed E-state index contributed by atoms with van der Waals surface area (Å²) in [5, 5.41) is 0.937. The number of esters is 1. The minimum absolute atomic E-state index is 0.313. The molecular weight excluding hydrogens is 283 g/mol. The van der Waals surface area contributed by atoms with E-state index in [9.17, 15) is 4.79 Å². The lowest BCUT2D eigenvalue weighted by Crippen LogP contribution is -2.04. The van der Waals surface area contributed by atoms with E-state index in [1.165, 1.54) is 14.2 Å². The zero-order valence-electron chi connectivity index (χ0n) is 8.34. The Hall–Kier alpha value is -0.740. The molecule has 0 N–H and O–H groups in total. The molecule has 0 saturated carbocycles. The number of alkyl halides is 1. The molecule has 5 heteroatoms. The van der Waals surface area contributed by atoms with Crippen molar-refractivity contribution in [1.82, 2.24) is 0 Å². The summed E-state index contributed by atoms with van der Waals surface area (Å²) in [5.41, 5.74) is 1.10. The van der Waals surface area contributed by atoms with Crippen LogP contribution in [0.2, 0.25) is 5.02 Å². The number of hydrogen-bond donors (Lipinski definition) is 0. The van der Waals surface area contributed by atoms with E-state index in [-0.39, 0.29) is 0 Å². The number of methoxy groups -OCH3 is 2. The molecule has 0 aromatic heterocycles. The molecule has 0 fully saturated rings. The Labute approximate surface area is 101 Å². The molecule has 0 heterocycles. The van der Waals surface area contributed by atoms with Gasteiger partial charge in [0.15, 0.2) is 0 Å². The zero-order chi connectivity index (χ0) is 11.4. The summed E-state index contributed by atoms with van der Waals surface area (Å²) in [4.78, 5) is 11.4. The molecule has 1 aromatic rings. The van der Waals surface area contributed by atoms with E-state index >= 15 is 0 Å². The van der Waals surface area contributed by atoms with Crippen LogP contribution in [0.5, 0.6) is 5.75 Å². The van der Waals surface area contributed by atoms with Crippen molar-refractivity contribution >= 4 is 33.5 Å². The minimum atomic E-state index is -0.471. The monoisotopic (exact) mass is 292 g/mol. The molecule has 0 bridgehead atoms. The second-order valence-electron chi connectivity index (χ2n) is 2.77. The Bertz CT molecular complexity index is 379. The molecule has 0 saturated heterocycles. The fourth-order valence-corrected chi connectivity index (χ4v) is 1.99. The third kappa shape index (κ3) is 2.63. The van der Waals surface area contributed by atoms with Gasteiger partial charge in [0.2, 0.25) is 0 Å². The molecule has 0 radical (unpaired) electrons. The minimum Gasteiger partial charge on any atom is -0.497 e. The van der Waals surface area contributed by atoms with E-state index in [0.717, 1.165) is 5.56 Å². The summed E-state index contributed by atoms with van der Waals surface area (Å²) in [6.45, 7) is 0. The quantitative estimate of drug-likeness (QED) is 0.635. The van der Waals surface area contributed by atoms with Gasteiger partial charge in [-0.15, -0.1) is 0 Å². The highest BCUT2D eigenvalue weighted by Crippen LogP contribution is 2.29. The van der Waals surface area contributed by atoms with E-state index in [1.54, 1.807) is 12.1 Å². The van der Waals surface area contributed by atoms with Gasteiger partial charge in [-0.25, -0.2) is 4.79 Å². The van der Waals surface area contributed by atoms with Gasteiger partial charge < -0.3 is 9.47 Å². The van der Waals surface area contributed by atoms with E-state index in [0.29, 0.717) is 21.7 Å². The Morgan fingerprint density at radius 3 is 2.60 bits per heavy atom. The lowest BCUT2D eigenvalue weighted by Gasteiger charge is -2.09. The van der Waals surface area contributed by atoms with Gasteiger partial charge in [0.25, 0.3) is 0 Å². The van der Waals surface area contributed by atoms with Crippen LogP contribution in [-0.4, -0.2) is 20.2 Å². The van der Waals surface area contributed by atoms with Crippen molar-refractivity contribution < 1.29 is 14.3 Å². The van der Waals surface area contributed by atoms with Crippen LogP contribution in [0.4, 0.5) is 0 Å². The van der Waals surface area contributed by atoms with Crippen LogP contribution >= 0.6 is 27.5 Å². The van der Waals surface area contributed by atoms with Crippen molar-refractivity contribution in [3.05, 3.63) is 28.3 Å². The third-order valence-corrected chi connectivity index (χ3v) is 2.96. The van der Waals surface area contributed by atoms with Crippen LogP contribution in [0.3, 0.4) is 0 Å². The summed E-state index contributed by atoms with van der Waals surface area (Å²) in [6, 6.07) is 3.32. The maximum absolute atomic E-state index is 11.4. The van der Waals surface area contributed by atoms with E-state index < -0.39 is 5.97 Å². The Morgan fingerprint density at radius 1 is 1.47 bits per heavy atom. The van der Waals surface area contributed by atoms with Gasteiger partial charge >= 0.3 is 5.97 Å². The molecule has 0 unspecified atom stereocenters. The smallest absolute Gasteiger partial charge is 0.339 e. The van der Waals surface area contributed by atoms with Crippen molar-refractivity contribution in [3.8, 4) is 5.75 Å². The summed E-state index contributed by atoms with van der Waals surface area (Å²) in [7, 11) is 2.84. The lowest BCUT2D eigenvalue weighted by atomic mass is 10.1. The lowest BCUT2D eigenvalue weighted by molar-refractivity contribution is 0.0600.